The molecule has 1 aromatic heterocycles. The van der Waals surface area contributed by atoms with E-state index in [1.807, 2.05) is 42.5 Å². The molecule has 1 heterocycles. The summed E-state index contributed by atoms with van der Waals surface area (Å²) in [6.07, 6.45) is 0.738. The van der Waals surface area contributed by atoms with Crippen LogP contribution >= 0.6 is 0 Å². The average Bonchev–Trinajstić information content (AvgIpc) is 2.83. The summed E-state index contributed by atoms with van der Waals surface area (Å²) in [5.41, 5.74) is 1.66. The van der Waals surface area contributed by atoms with Gasteiger partial charge < -0.3 is 0 Å². The third-order valence-corrected chi connectivity index (χ3v) is 3.05. The molecule has 18 heavy (non-hydrogen) atoms. The van der Waals surface area contributed by atoms with Crippen molar-refractivity contribution in [2.45, 2.75) is 12.7 Å². The van der Waals surface area contributed by atoms with Crippen molar-refractivity contribution in [3.8, 4) is 0 Å². The van der Waals surface area contributed by atoms with Crippen molar-refractivity contribution in [2.75, 3.05) is 0 Å². The summed E-state index contributed by atoms with van der Waals surface area (Å²) >= 11 is 0. The highest BCUT2D eigenvalue weighted by molar-refractivity contribution is 5.78. The molecule has 0 N–H and O–H groups in total. The van der Waals surface area contributed by atoms with Gasteiger partial charge in [0.25, 0.3) is 0 Å². The Balaban J connectivity index is 1.89. The number of aromatic nitrogens is 2. The predicted octanol–water partition coefficient (Wildman–Crippen LogP) is 3.75. The highest BCUT2D eigenvalue weighted by Crippen LogP contribution is 2.21. The van der Waals surface area contributed by atoms with Crippen LogP contribution in [0.4, 0.5) is 4.39 Å². The lowest BCUT2D eigenvalue weighted by Crippen LogP contribution is -2.06. The molecule has 0 saturated heterocycles. The molecule has 0 aliphatic rings. The van der Waals surface area contributed by atoms with E-state index in [1.165, 1.54) is 0 Å². The van der Waals surface area contributed by atoms with Crippen LogP contribution in [-0.4, -0.2) is 9.78 Å². The van der Waals surface area contributed by atoms with Gasteiger partial charge in [0, 0.05) is 5.39 Å². The van der Waals surface area contributed by atoms with Gasteiger partial charge in [-0.2, -0.15) is 5.10 Å². The Labute approximate surface area is 105 Å². The van der Waals surface area contributed by atoms with Gasteiger partial charge in [0.2, 0.25) is 0 Å². The van der Waals surface area contributed by atoms with Crippen LogP contribution in [0, 0.1) is 0 Å². The Morgan fingerprint density at radius 2 is 1.72 bits per heavy atom. The van der Waals surface area contributed by atoms with E-state index in [0.29, 0.717) is 5.56 Å². The summed E-state index contributed by atoms with van der Waals surface area (Å²) < 4.78 is 15.9. The molecule has 0 aliphatic carbocycles. The highest BCUT2D eigenvalue weighted by Gasteiger charge is 2.12. The Hall–Kier alpha value is -2.16. The normalized spacial score (nSPS) is 12.7. The maximum absolute atomic E-state index is 14.2. The molecule has 3 aromatic rings. The minimum atomic E-state index is -1.03. The zero-order valence-electron chi connectivity index (χ0n) is 9.83. The first kappa shape index (κ1) is 11.0. The van der Waals surface area contributed by atoms with E-state index in [9.17, 15) is 4.39 Å². The fourth-order valence-corrected chi connectivity index (χ4v) is 2.09. The number of hydrogen-bond acceptors (Lipinski definition) is 1. The molecule has 0 fully saturated rings. The standard InChI is InChI=1S/C15H13FN2/c16-14(12-6-2-1-3-7-12)11-18-15-9-5-4-8-13(15)10-17-18/h1-10,14H,11H2. The average molecular weight is 240 g/mol. The lowest BCUT2D eigenvalue weighted by atomic mass is 10.1. The van der Waals surface area contributed by atoms with Gasteiger partial charge in [0.05, 0.1) is 18.3 Å². The summed E-state index contributed by atoms with van der Waals surface area (Å²) in [5, 5.41) is 5.28. The Kier molecular flexibility index (Phi) is 2.81. The number of nitrogens with zero attached hydrogens (tertiary/aromatic N) is 2. The third kappa shape index (κ3) is 1.99. The van der Waals surface area contributed by atoms with Crippen LogP contribution in [0.25, 0.3) is 10.9 Å². The highest BCUT2D eigenvalue weighted by atomic mass is 19.1. The van der Waals surface area contributed by atoms with Crippen molar-refractivity contribution in [2.24, 2.45) is 0 Å². The number of rotatable bonds is 3. The van der Waals surface area contributed by atoms with Crippen molar-refractivity contribution in [1.82, 2.24) is 9.78 Å². The maximum atomic E-state index is 14.2. The van der Waals surface area contributed by atoms with Crippen molar-refractivity contribution in [3.63, 3.8) is 0 Å². The Morgan fingerprint density at radius 3 is 2.56 bits per heavy atom. The number of para-hydroxylation sites is 1. The molecule has 0 radical (unpaired) electrons. The minimum absolute atomic E-state index is 0.248. The quantitative estimate of drug-likeness (QED) is 0.681. The molecule has 0 spiro atoms. The van der Waals surface area contributed by atoms with Crippen LogP contribution in [0.15, 0.2) is 60.8 Å². The fourth-order valence-electron chi connectivity index (χ4n) is 2.09. The van der Waals surface area contributed by atoms with Crippen LogP contribution in [0.3, 0.4) is 0 Å². The van der Waals surface area contributed by atoms with E-state index in [4.69, 9.17) is 0 Å². The topological polar surface area (TPSA) is 17.8 Å². The summed E-state index contributed by atoms with van der Waals surface area (Å²) in [4.78, 5) is 0. The van der Waals surface area contributed by atoms with Crippen LogP contribution in [0.1, 0.15) is 11.7 Å². The minimum Gasteiger partial charge on any atom is -0.262 e. The molecule has 0 aliphatic heterocycles. The van der Waals surface area contributed by atoms with E-state index < -0.39 is 6.17 Å². The lowest BCUT2D eigenvalue weighted by Gasteiger charge is -2.09. The molecule has 0 bridgehead atoms. The first-order valence-electron chi connectivity index (χ1n) is 5.94. The molecular formula is C15H13FN2. The third-order valence-electron chi connectivity index (χ3n) is 3.05. The molecule has 90 valence electrons. The second-order valence-corrected chi connectivity index (χ2v) is 4.26. The number of fused-ring (bicyclic) bond motifs is 1. The molecule has 0 amide bonds. The summed E-state index contributed by atoms with van der Waals surface area (Å²) in [6.45, 7) is 0.248. The number of alkyl halides is 1. The fraction of sp³-hybridized carbons (Fsp3) is 0.133. The zero-order valence-corrected chi connectivity index (χ0v) is 9.83. The largest absolute Gasteiger partial charge is 0.262 e. The molecule has 3 heteroatoms. The summed E-state index contributed by atoms with van der Waals surface area (Å²) in [5.74, 6) is 0. The molecule has 2 aromatic carbocycles. The molecule has 1 atom stereocenters. The van der Waals surface area contributed by atoms with Gasteiger partial charge in [-0.25, -0.2) is 4.39 Å². The van der Waals surface area contributed by atoms with E-state index in [-0.39, 0.29) is 6.54 Å². The van der Waals surface area contributed by atoms with Crippen molar-refractivity contribution < 1.29 is 4.39 Å². The van der Waals surface area contributed by atoms with Crippen LogP contribution in [0.2, 0.25) is 0 Å². The SMILES string of the molecule is FC(Cn1ncc2ccccc21)c1ccccc1. The molecule has 1 unspecified atom stereocenters. The van der Waals surface area contributed by atoms with Gasteiger partial charge in [-0.3, -0.25) is 4.68 Å². The molecular weight excluding hydrogens is 227 g/mol. The van der Waals surface area contributed by atoms with Crippen LogP contribution in [0.5, 0.6) is 0 Å². The van der Waals surface area contributed by atoms with Crippen molar-refractivity contribution in [1.29, 1.82) is 0 Å². The molecule has 2 nitrogen and oxygen atoms in total. The smallest absolute Gasteiger partial charge is 0.145 e. The van der Waals surface area contributed by atoms with E-state index in [0.717, 1.165) is 10.9 Å². The number of halogens is 1. The summed E-state index contributed by atoms with van der Waals surface area (Å²) in [6, 6.07) is 17.0. The van der Waals surface area contributed by atoms with Gasteiger partial charge in [-0.1, -0.05) is 48.5 Å². The van der Waals surface area contributed by atoms with Gasteiger partial charge >= 0.3 is 0 Å². The van der Waals surface area contributed by atoms with E-state index in [1.54, 1.807) is 23.0 Å². The summed E-state index contributed by atoms with van der Waals surface area (Å²) in [7, 11) is 0. The molecule has 0 saturated carbocycles. The van der Waals surface area contributed by atoms with Crippen molar-refractivity contribution in [3.05, 3.63) is 66.4 Å². The van der Waals surface area contributed by atoms with Gasteiger partial charge in [-0.05, 0) is 11.6 Å². The second-order valence-electron chi connectivity index (χ2n) is 4.26. The lowest BCUT2D eigenvalue weighted by molar-refractivity contribution is 0.296. The van der Waals surface area contributed by atoms with Gasteiger partial charge in [0.1, 0.15) is 6.17 Å². The Bertz CT molecular complexity index is 646. The maximum Gasteiger partial charge on any atom is 0.145 e. The van der Waals surface area contributed by atoms with Crippen LogP contribution in [-0.2, 0) is 6.54 Å². The first-order chi connectivity index (χ1) is 8.84. The van der Waals surface area contributed by atoms with E-state index >= 15 is 0 Å². The number of hydrogen-bond donors (Lipinski definition) is 0. The second kappa shape index (κ2) is 4.61. The molecule has 3 rings (SSSR count). The van der Waals surface area contributed by atoms with Crippen molar-refractivity contribution >= 4 is 10.9 Å². The number of benzene rings is 2. The van der Waals surface area contributed by atoms with Gasteiger partial charge in [-0.15, -0.1) is 0 Å². The monoisotopic (exact) mass is 240 g/mol. The predicted molar refractivity (Wildman–Crippen MR) is 70.0 cm³/mol. The van der Waals surface area contributed by atoms with E-state index in [2.05, 4.69) is 5.10 Å². The van der Waals surface area contributed by atoms with Crippen LogP contribution < -0.4 is 0 Å². The first-order valence-corrected chi connectivity index (χ1v) is 5.94. The Morgan fingerprint density at radius 1 is 1.00 bits per heavy atom. The zero-order chi connectivity index (χ0) is 12.4. The van der Waals surface area contributed by atoms with Gasteiger partial charge in [0.15, 0.2) is 0 Å².